The summed E-state index contributed by atoms with van der Waals surface area (Å²) in [5.41, 5.74) is 2.34. The fourth-order valence-corrected chi connectivity index (χ4v) is 2.18. The van der Waals surface area contributed by atoms with Gasteiger partial charge in [0.15, 0.2) is 0 Å². The maximum atomic E-state index is 9.10. The number of rotatable bonds is 5. The number of nitrogens with one attached hydrogen (secondary N) is 1. The number of pyridine rings is 1. The highest BCUT2D eigenvalue weighted by atomic mass is 35.5. The second-order valence-electron chi connectivity index (χ2n) is 4.63. The fourth-order valence-electron chi connectivity index (χ4n) is 1.68. The number of hydrogen-bond donors (Lipinski definition) is 3. The second-order valence-corrected chi connectivity index (χ2v) is 5.47. The zero-order chi connectivity index (χ0) is 17.9. The highest BCUT2D eigenvalue weighted by Gasteiger charge is 2.04. The molecule has 2 aromatic rings. The summed E-state index contributed by atoms with van der Waals surface area (Å²) in [5.74, 6) is -3.65. The van der Waals surface area contributed by atoms with E-state index in [4.69, 9.17) is 43.0 Å². The normalized spacial score (nSPS) is 9.75. The molecule has 0 fully saturated rings. The first-order chi connectivity index (χ1) is 11.4. The van der Waals surface area contributed by atoms with Crippen LogP contribution < -0.4 is 5.32 Å². The Hall–Kier alpha value is -2.15. The summed E-state index contributed by atoms with van der Waals surface area (Å²) in [5, 5.41) is 19.6. The van der Waals surface area contributed by atoms with Gasteiger partial charge in [-0.15, -0.1) is 0 Å². The van der Waals surface area contributed by atoms with Crippen molar-refractivity contribution in [3.8, 4) is 0 Å². The molecule has 0 aliphatic heterocycles. The highest BCUT2D eigenvalue weighted by Crippen LogP contribution is 2.21. The predicted octanol–water partition coefficient (Wildman–Crippen LogP) is 2.88. The summed E-state index contributed by atoms with van der Waals surface area (Å²) in [6.45, 7) is 1.72. The van der Waals surface area contributed by atoms with Gasteiger partial charge in [-0.05, 0) is 48.4 Å². The van der Waals surface area contributed by atoms with Crippen molar-refractivity contribution in [3.63, 3.8) is 0 Å². The zero-order valence-electron chi connectivity index (χ0n) is 12.6. The average molecular weight is 371 g/mol. The van der Waals surface area contributed by atoms with Crippen molar-refractivity contribution in [3.05, 3.63) is 63.9 Å². The van der Waals surface area contributed by atoms with Crippen LogP contribution in [-0.2, 0) is 22.6 Å². The molecule has 0 bridgehead atoms. The van der Waals surface area contributed by atoms with Crippen LogP contribution in [0.1, 0.15) is 11.1 Å². The van der Waals surface area contributed by atoms with Crippen LogP contribution in [0.5, 0.6) is 0 Å². The first-order valence-electron chi connectivity index (χ1n) is 6.90. The molecule has 0 amide bonds. The molecule has 2 rings (SSSR count). The van der Waals surface area contributed by atoms with Gasteiger partial charge in [0.05, 0.1) is 0 Å². The molecule has 0 saturated heterocycles. The smallest absolute Gasteiger partial charge is 0.414 e. The van der Waals surface area contributed by atoms with E-state index in [1.165, 1.54) is 5.56 Å². The minimum Gasteiger partial charge on any atom is -0.473 e. The fraction of sp³-hybridized carbons (Fsp3) is 0.188. The molecular weight excluding hydrogens is 355 g/mol. The van der Waals surface area contributed by atoms with Crippen LogP contribution in [-0.4, -0.2) is 33.7 Å². The zero-order valence-corrected chi connectivity index (χ0v) is 14.1. The molecule has 0 spiro atoms. The minimum absolute atomic E-state index is 0.675. The number of carboxylic acid groups (broad SMARTS) is 2. The molecule has 0 unspecified atom stereocenters. The van der Waals surface area contributed by atoms with E-state index >= 15 is 0 Å². The van der Waals surface area contributed by atoms with Crippen molar-refractivity contribution in [2.75, 3.05) is 6.54 Å². The monoisotopic (exact) mass is 370 g/mol. The lowest BCUT2D eigenvalue weighted by atomic mass is 10.1. The van der Waals surface area contributed by atoms with Crippen LogP contribution in [0.15, 0.2) is 42.7 Å². The Labute approximate surface area is 149 Å². The Morgan fingerprint density at radius 2 is 1.67 bits per heavy atom. The summed E-state index contributed by atoms with van der Waals surface area (Å²) in [4.78, 5) is 22.2. The van der Waals surface area contributed by atoms with Crippen LogP contribution in [0.3, 0.4) is 0 Å². The van der Waals surface area contributed by atoms with Crippen LogP contribution in [0.4, 0.5) is 0 Å². The van der Waals surface area contributed by atoms with Gasteiger partial charge in [-0.25, -0.2) is 9.59 Å². The Morgan fingerprint density at radius 3 is 2.21 bits per heavy atom. The Bertz CT molecular complexity index is 669. The third-order valence-electron chi connectivity index (χ3n) is 2.85. The molecule has 1 aromatic carbocycles. The van der Waals surface area contributed by atoms with Crippen molar-refractivity contribution in [2.45, 2.75) is 13.0 Å². The van der Waals surface area contributed by atoms with Crippen LogP contribution in [0, 0.1) is 0 Å². The summed E-state index contributed by atoms with van der Waals surface area (Å²) < 4.78 is 0. The predicted molar refractivity (Wildman–Crippen MR) is 91.4 cm³/mol. The molecule has 0 saturated carbocycles. The number of aliphatic carboxylic acids is 2. The highest BCUT2D eigenvalue weighted by molar-refractivity contribution is 6.35. The molecule has 3 N–H and O–H groups in total. The molecule has 8 heteroatoms. The van der Waals surface area contributed by atoms with E-state index < -0.39 is 11.9 Å². The third-order valence-corrected chi connectivity index (χ3v) is 3.43. The molecule has 0 atom stereocenters. The van der Waals surface area contributed by atoms with Crippen molar-refractivity contribution in [1.82, 2.24) is 10.3 Å². The van der Waals surface area contributed by atoms with E-state index in [0.29, 0.717) is 5.02 Å². The van der Waals surface area contributed by atoms with Gasteiger partial charge < -0.3 is 15.5 Å². The Morgan fingerprint density at radius 1 is 1.04 bits per heavy atom. The topological polar surface area (TPSA) is 99.5 Å². The Kier molecular flexibility index (Phi) is 8.78. The van der Waals surface area contributed by atoms with E-state index in [0.717, 1.165) is 30.1 Å². The van der Waals surface area contributed by atoms with Gasteiger partial charge >= 0.3 is 11.9 Å². The van der Waals surface area contributed by atoms with Gasteiger partial charge in [0.2, 0.25) is 0 Å². The number of carbonyl (C=O) groups is 2. The lowest BCUT2D eigenvalue weighted by molar-refractivity contribution is -0.159. The van der Waals surface area contributed by atoms with E-state index in [2.05, 4.69) is 10.3 Å². The summed E-state index contributed by atoms with van der Waals surface area (Å²) in [7, 11) is 0. The van der Waals surface area contributed by atoms with Crippen LogP contribution in [0.2, 0.25) is 10.0 Å². The maximum Gasteiger partial charge on any atom is 0.414 e. The van der Waals surface area contributed by atoms with Crippen molar-refractivity contribution < 1.29 is 19.8 Å². The number of aromatic nitrogens is 1. The van der Waals surface area contributed by atoms with E-state index in [9.17, 15) is 0 Å². The molecular formula is C16H16Cl2N2O4. The minimum atomic E-state index is -1.82. The first kappa shape index (κ1) is 19.9. The number of hydrogen-bond acceptors (Lipinski definition) is 4. The molecule has 1 heterocycles. The summed E-state index contributed by atoms with van der Waals surface area (Å²) >= 11 is 12.0. The van der Waals surface area contributed by atoms with E-state index in [1.807, 2.05) is 24.3 Å². The molecule has 1 aromatic heterocycles. The lowest BCUT2D eigenvalue weighted by Crippen LogP contribution is -2.16. The molecule has 6 nitrogen and oxygen atoms in total. The SMILES string of the molecule is Clc1ccc(CCNCc2ccncc2)c(Cl)c1.O=C(O)C(=O)O. The Balaban J connectivity index is 0.000000413. The summed E-state index contributed by atoms with van der Waals surface area (Å²) in [6, 6.07) is 9.62. The van der Waals surface area contributed by atoms with Gasteiger partial charge in [0.25, 0.3) is 0 Å². The van der Waals surface area contributed by atoms with Crippen LogP contribution in [0.25, 0.3) is 0 Å². The molecule has 0 radical (unpaired) electrons. The number of nitrogens with zero attached hydrogens (tertiary/aromatic N) is 1. The van der Waals surface area contributed by atoms with Gasteiger partial charge in [-0.3, -0.25) is 4.98 Å². The van der Waals surface area contributed by atoms with Crippen LogP contribution >= 0.6 is 23.2 Å². The van der Waals surface area contributed by atoms with Gasteiger partial charge in [0.1, 0.15) is 0 Å². The first-order valence-corrected chi connectivity index (χ1v) is 7.65. The number of carboxylic acids is 2. The van der Waals surface area contributed by atoms with E-state index in [1.54, 1.807) is 18.5 Å². The lowest BCUT2D eigenvalue weighted by Gasteiger charge is -2.06. The maximum absolute atomic E-state index is 9.10. The molecule has 0 aliphatic carbocycles. The largest absolute Gasteiger partial charge is 0.473 e. The molecule has 24 heavy (non-hydrogen) atoms. The number of halogens is 2. The van der Waals surface area contributed by atoms with Gasteiger partial charge in [-0.1, -0.05) is 29.3 Å². The van der Waals surface area contributed by atoms with Crippen molar-refractivity contribution >= 4 is 35.1 Å². The third kappa shape index (κ3) is 7.92. The molecule has 128 valence electrons. The van der Waals surface area contributed by atoms with Crippen molar-refractivity contribution in [1.29, 1.82) is 0 Å². The summed E-state index contributed by atoms with van der Waals surface area (Å²) in [6.07, 6.45) is 4.49. The standard InChI is InChI=1S/C14H14Cl2N2.C2H2O4/c15-13-2-1-12(14(16)9-13)5-8-18-10-11-3-6-17-7-4-11;3-1(4)2(5)6/h1-4,6-7,9,18H,5,8,10H2;(H,3,4)(H,5,6). The van der Waals surface area contributed by atoms with Gasteiger partial charge in [0, 0.05) is 29.0 Å². The van der Waals surface area contributed by atoms with E-state index in [-0.39, 0.29) is 0 Å². The number of benzene rings is 1. The average Bonchev–Trinajstić information content (AvgIpc) is 2.54. The quantitative estimate of drug-likeness (QED) is 0.552. The molecule has 0 aliphatic rings. The van der Waals surface area contributed by atoms with Gasteiger partial charge in [-0.2, -0.15) is 0 Å². The second kappa shape index (κ2) is 10.6. The van der Waals surface area contributed by atoms with Crippen molar-refractivity contribution in [2.24, 2.45) is 0 Å².